The Morgan fingerprint density at radius 1 is 0.611 bits per heavy atom. The lowest BCUT2D eigenvalue weighted by atomic mass is 9.87. The van der Waals surface area contributed by atoms with Gasteiger partial charge in [-0.3, -0.25) is 0 Å². The highest BCUT2D eigenvalue weighted by molar-refractivity contribution is 4.69. The lowest BCUT2D eigenvalue weighted by Gasteiger charge is -2.23. The summed E-state index contributed by atoms with van der Waals surface area (Å²) >= 11 is 0. The summed E-state index contributed by atoms with van der Waals surface area (Å²) in [6.07, 6.45) is 19.3. The van der Waals surface area contributed by atoms with E-state index in [1.807, 2.05) is 0 Å². The fourth-order valence-corrected chi connectivity index (χ4v) is 3.83. The first-order valence-corrected chi connectivity index (χ1v) is 8.66. The molecule has 1 nitrogen and oxygen atoms in total. The van der Waals surface area contributed by atoms with Crippen LogP contribution >= 0.6 is 0 Å². The second-order valence-corrected chi connectivity index (χ2v) is 6.71. The van der Waals surface area contributed by atoms with E-state index in [1.165, 1.54) is 96.6 Å². The molecule has 1 heteroatoms. The maximum Gasteiger partial charge on any atom is -0.00205 e. The van der Waals surface area contributed by atoms with E-state index in [0.717, 1.165) is 11.8 Å². The molecular weight excluding hydrogens is 218 g/mol. The van der Waals surface area contributed by atoms with Gasteiger partial charge in [0.2, 0.25) is 0 Å². The molecule has 0 amide bonds. The average Bonchev–Trinajstić information content (AvgIpc) is 2.38. The predicted octanol–water partition coefficient (Wildman–Crippen LogP) is 4.91. The van der Waals surface area contributed by atoms with Crippen molar-refractivity contribution in [3.63, 3.8) is 0 Å². The van der Waals surface area contributed by atoms with Crippen molar-refractivity contribution in [2.75, 3.05) is 13.1 Å². The van der Waals surface area contributed by atoms with E-state index in [9.17, 15) is 0 Å². The van der Waals surface area contributed by atoms with Crippen LogP contribution in [0, 0.1) is 11.8 Å². The van der Waals surface area contributed by atoms with Gasteiger partial charge >= 0.3 is 0 Å². The van der Waals surface area contributed by atoms with Crippen LogP contribution in [-0.2, 0) is 0 Å². The van der Waals surface area contributed by atoms with Crippen molar-refractivity contribution in [3.8, 4) is 0 Å². The standard InChI is InChI=1S/C17H33N/c1-2-5-11-17(12-6-3-1)15-18-14-13-16-9-7-4-8-10-16/h16-18H,1-15H2. The SMILES string of the molecule is C1CCCC(CNCCC2CCCCC2)CCC1. The molecule has 1 N–H and O–H groups in total. The minimum Gasteiger partial charge on any atom is -0.316 e. The Balaban J connectivity index is 1.50. The molecular formula is C17H33N. The molecule has 2 saturated carbocycles. The Morgan fingerprint density at radius 2 is 1.11 bits per heavy atom. The van der Waals surface area contributed by atoms with E-state index in [4.69, 9.17) is 0 Å². The molecule has 2 rings (SSSR count). The van der Waals surface area contributed by atoms with Gasteiger partial charge in [0.1, 0.15) is 0 Å². The number of hydrogen-bond acceptors (Lipinski definition) is 1. The molecule has 0 spiro atoms. The van der Waals surface area contributed by atoms with E-state index in [1.54, 1.807) is 0 Å². The van der Waals surface area contributed by atoms with Crippen LogP contribution in [0.15, 0.2) is 0 Å². The number of rotatable bonds is 5. The quantitative estimate of drug-likeness (QED) is 0.685. The molecule has 0 unspecified atom stereocenters. The van der Waals surface area contributed by atoms with Crippen molar-refractivity contribution < 1.29 is 0 Å². The second-order valence-electron chi connectivity index (χ2n) is 6.71. The monoisotopic (exact) mass is 251 g/mol. The van der Waals surface area contributed by atoms with Crippen molar-refractivity contribution in [2.45, 2.75) is 83.5 Å². The van der Waals surface area contributed by atoms with Gasteiger partial charge in [0, 0.05) is 0 Å². The number of nitrogens with one attached hydrogen (secondary N) is 1. The Labute approximate surface area is 114 Å². The highest BCUT2D eigenvalue weighted by atomic mass is 14.9. The average molecular weight is 251 g/mol. The molecule has 0 radical (unpaired) electrons. The van der Waals surface area contributed by atoms with Crippen molar-refractivity contribution >= 4 is 0 Å². The molecule has 0 bridgehead atoms. The summed E-state index contributed by atoms with van der Waals surface area (Å²) < 4.78 is 0. The zero-order valence-corrected chi connectivity index (χ0v) is 12.3. The summed E-state index contributed by atoms with van der Waals surface area (Å²) in [6.45, 7) is 2.58. The van der Waals surface area contributed by atoms with Gasteiger partial charge in [-0.2, -0.15) is 0 Å². The number of hydrogen-bond donors (Lipinski definition) is 1. The maximum atomic E-state index is 3.75. The van der Waals surface area contributed by atoms with Crippen LogP contribution < -0.4 is 5.32 Å². The highest BCUT2D eigenvalue weighted by Gasteiger charge is 2.14. The normalized spacial score (nSPS) is 24.7. The van der Waals surface area contributed by atoms with Crippen molar-refractivity contribution in [2.24, 2.45) is 11.8 Å². The van der Waals surface area contributed by atoms with Gasteiger partial charge in [0.05, 0.1) is 0 Å². The van der Waals surface area contributed by atoms with Gasteiger partial charge in [-0.05, 0) is 44.2 Å². The third-order valence-corrected chi connectivity index (χ3v) is 5.11. The summed E-state index contributed by atoms with van der Waals surface area (Å²) in [6, 6.07) is 0. The Bertz CT molecular complexity index is 188. The van der Waals surface area contributed by atoms with Crippen LogP contribution in [0.3, 0.4) is 0 Å². The third-order valence-electron chi connectivity index (χ3n) is 5.11. The molecule has 106 valence electrons. The van der Waals surface area contributed by atoms with Gasteiger partial charge < -0.3 is 5.32 Å². The van der Waals surface area contributed by atoms with E-state index in [2.05, 4.69) is 5.32 Å². The van der Waals surface area contributed by atoms with E-state index in [0.29, 0.717) is 0 Å². The first kappa shape index (κ1) is 14.4. The van der Waals surface area contributed by atoms with Crippen molar-refractivity contribution in [3.05, 3.63) is 0 Å². The summed E-state index contributed by atoms with van der Waals surface area (Å²) in [5.74, 6) is 2.03. The van der Waals surface area contributed by atoms with E-state index < -0.39 is 0 Å². The first-order chi connectivity index (χ1) is 8.95. The van der Waals surface area contributed by atoms with Gasteiger partial charge in [0.25, 0.3) is 0 Å². The van der Waals surface area contributed by atoms with E-state index >= 15 is 0 Å². The second kappa shape index (κ2) is 8.96. The molecule has 2 aliphatic rings. The minimum absolute atomic E-state index is 0.983. The molecule has 0 heterocycles. The fourth-order valence-electron chi connectivity index (χ4n) is 3.83. The van der Waals surface area contributed by atoms with Crippen LogP contribution in [0.25, 0.3) is 0 Å². The third kappa shape index (κ3) is 5.73. The van der Waals surface area contributed by atoms with Crippen LogP contribution in [0.4, 0.5) is 0 Å². The van der Waals surface area contributed by atoms with Gasteiger partial charge in [-0.25, -0.2) is 0 Å². The summed E-state index contributed by atoms with van der Waals surface area (Å²) in [5, 5.41) is 3.75. The zero-order chi connectivity index (χ0) is 12.5. The van der Waals surface area contributed by atoms with Crippen molar-refractivity contribution in [1.82, 2.24) is 5.32 Å². The molecule has 0 aromatic heterocycles. The van der Waals surface area contributed by atoms with Gasteiger partial charge in [-0.1, -0.05) is 64.2 Å². The van der Waals surface area contributed by atoms with Crippen LogP contribution in [-0.4, -0.2) is 13.1 Å². The largest absolute Gasteiger partial charge is 0.316 e. The minimum atomic E-state index is 0.983. The lowest BCUT2D eigenvalue weighted by molar-refractivity contribution is 0.319. The lowest BCUT2D eigenvalue weighted by Crippen LogP contribution is -2.26. The Hall–Kier alpha value is -0.0400. The summed E-state index contributed by atoms with van der Waals surface area (Å²) in [4.78, 5) is 0. The first-order valence-electron chi connectivity index (χ1n) is 8.66. The van der Waals surface area contributed by atoms with Gasteiger partial charge in [-0.15, -0.1) is 0 Å². The van der Waals surface area contributed by atoms with Crippen molar-refractivity contribution in [1.29, 1.82) is 0 Å². The predicted molar refractivity (Wildman–Crippen MR) is 79.9 cm³/mol. The molecule has 2 fully saturated rings. The molecule has 18 heavy (non-hydrogen) atoms. The van der Waals surface area contributed by atoms with Crippen LogP contribution in [0.5, 0.6) is 0 Å². The van der Waals surface area contributed by atoms with E-state index in [-0.39, 0.29) is 0 Å². The van der Waals surface area contributed by atoms with Crippen LogP contribution in [0.2, 0.25) is 0 Å². The Morgan fingerprint density at radius 3 is 1.78 bits per heavy atom. The molecule has 2 aliphatic carbocycles. The molecule has 0 aliphatic heterocycles. The molecule has 0 atom stereocenters. The smallest absolute Gasteiger partial charge is 0.00205 e. The van der Waals surface area contributed by atoms with Gasteiger partial charge in [0.15, 0.2) is 0 Å². The molecule has 0 aromatic rings. The highest BCUT2D eigenvalue weighted by Crippen LogP contribution is 2.26. The zero-order valence-electron chi connectivity index (χ0n) is 12.3. The Kier molecular flexibility index (Phi) is 7.15. The maximum absolute atomic E-state index is 3.75. The van der Waals surface area contributed by atoms with Crippen LogP contribution in [0.1, 0.15) is 83.5 Å². The fraction of sp³-hybridized carbons (Fsp3) is 1.00. The molecule has 0 aromatic carbocycles. The summed E-state index contributed by atoms with van der Waals surface area (Å²) in [5.41, 5.74) is 0. The topological polar surface area (TPSA) is 12.0 Å². The molecule has 0 saturated heterocycles. The summed E-state index contributed by atoms with van der Waals surface area (Å²) in [7, 11) is 0.